The fourth-order valence-corrected chi connectivity index (χ4v) is 0.619. The molecule has 4 heteroatoms. The van der Waals surface area contributed by atoms with Gasteiger partial charge in [0.05, 0.1) is 5.69 Å². The minimum Gasteiger partial charge on any atom is -0.364 e. The Morgan fingerprint density at radius 3 is 2.91 bits per heavy atom. The van der Waals surface area contributed by atoms with Crippen LogP contribution < -0.4 is 5.73 Å². The average molecular weight is 149 g/mol. The normalized spacial score (nSPS) is 9.09. The van der Waals surface area contributed by atoms with E-state index in [9.17, 15) is 4.79 Å². The van der Waals surface area contributed by atoms with Gasteiger partial charge in [-0.05, 0) is 12.1 Å². The van der Waals surface area contributed by atoms with Crippen LogP contribution in [0.25, 0.3) is 6.08 Å². The minimum atomic E-state index is -0.560. The van der Waals surface area contributed by atoms with Crippen LogP contribution >= 0.6 is 0 Å². The van der Waals surface area contributed by atoms with Crippen LogP contribution in [0.15, 0.2) is 19.0 Å². The van der Waals surface area contributed by atoms with Crippen molar-refractivity contribution in [1.82, 2.24) is 9.97 Å². The minimum absolute atomic E-state index is 0.204. The maximum Gasteiger partial charge on any atom is 0.267 e. The molecule has 56 valence electrons. The van der Waals surface area contributed by atoms with Crippen molar-refractivity contribution in [2.75, 3.05) is 0 Å². The highest BCUT2D eigenvalue weighted by Crippen LogP contribution is 1.97. The van der Waals surface area contributed by atoms with Crippen LogP contribution in [0, 0.1) is 0 Å². The molecule has 0 atom stereocenters. The molecule has 0 saturated carbocycles. The summed E-state index contributed by atoms with van der Waals surface area (Å²) >= 11 is 0. The summed E-state index contributed by atoms with van der Waals surface area (Å²) in [5, 5.41) is 0. The second-order valence-electron chi connectivity index (χ2n) is 1.90. The van der Waals surface area contributed by atoms with E-state index in [1.807, 2.05) is 0 Å². The average Bonchev–Trinajstić information content (AvgIpc) is 2.05. The number of hydrogen-bond donors (Lipinski definition) is 1. The lowest BCUT2D eigenvalue weighted by Crippen LogP contribution is -2.13. The molecule has 0 aliphatic heterocycles. The van der Waals surface area contributed by atoms with E-state index in [-0.39, 0.29) is 5.69 Å². The Balaban J connectivity index is 3.10. The molecule has 0 spiro atoms. The summed E-state index contributed by atoms with van der Waals surface area (Å²) in [6.07, 6.45) is 2.80. The first kappa shape index (κ1) is 7.40. The molecule has 1 aromatic rings. The highest BCUT2D eigenvalue weighted by Gasteiger charge is 2.00. The van der Waals surface area contributed by atoms with E-state index in [1.54, 1.807) is 0 Å². The van der Waals surface area contributed by atoms with Crippen LogP contribution in [-0.2, 0) is 0 Å². The van der Waals surface area contributed by atoms with Gasteiger partial charge >= 0.3 is 0 Å². The third-order valence-electron chi connectivity index (χ3n) is 1.15. The summed E-state index contributed by atoms with van der Waals surface area (Å²) in [6.45, 7) is 3.49. The van der Waals surface area contributed by atoms with E-state index in [2.05, 4.69) is 16.5 Å². The first-order valence-corrected chi connectivity index (χ1v) is 2.98. The molecule has 0 bridgehead atoms. The highest BCUT2D eigenvalue weighted by atomic mass is 16.1. The predicted octanol–water partition coefficient (Wildman–Crippen LogP) is 0.219. The molecule has 0 aromatic carbocycles. The van der Waals surface area contributed by atoms with E-state index in [0.29, 0.717) is 5.69 Å². The monoisotopic (exact) mass is 149 g/mol. The number of primary amides is 1. The Morgan fingerprint density at radius 1 is 1.64 bits per heavy atom. The molecule has 1 amide bonds. The molecule has 1 rings (SSSR count). The first-order chi connectivity index (χ1) is 5.24. The third-order valence-corrected chi connectivity index (χ3v) is 1.15. The van der Waals surface area contributed by atoms with E-state index in [4.69, 9.17) is 5.73 Å². The zero-order chi connectivity index (χ0) is 8.27. The number of aromatic nitrogens is 2. The van der Waals surface area contributed by atoms with Gasteiger partial charge in [-0.2, -0.15) is 0 Å². The number of hydrogen-bond acceptors (Lipinski definition) is 3. The van der Waals surface area contributed by atoms with E-state index in [1.165, 1.54) is 18.5 Å². The fourth-order valence-electron chi connectivity index (χ4n) is 0.619. The molecule has 0 radical (unpaired) electrons. The smallest absolute Gasteiger partial charge is 0.267 e. The standard InChI is InChI=1S/C7H7N3O/c1-2-5-3-6(7(8)11)10-4-9-5/h2-4H,1H2,(H2,8,11). The first-order valence-electron chi connectivity index (χ1n) is 2.98. The summed E-state index contributed by atoms with van der Waals surface area (Å²) in [7, 11) is 0. The summed E-state index contributed by atoms with van der Waals surface area (Å²) in [5.41, 5.74) is 5.77. The molecule has 0 fully saturated rings. The zero-order valence-corrected chi connectivity index (χ0v) is 5.82. The van der Waals surface area contributed by atoms with Gasteiger partial charge in [0.15, 0.2) is 0 Å². The Labute approximate surface area is 63.8 Å². The molecule has 4 nitrogen and oxygen atoms in total. The van der Waals surface area contributed by atoms with Gasteiger partial charge in [0.2, 0.25) is 0 Å². The van der Waals surface area contributed by atoms with Crippen LogP contribution in [0.3, 0.4) is 0 Å². The Kier molecular flexibility index (Phi) is 1.96. The van der Waals surface area contributed by atoms with E-state index >= 15 is 0 Å². The molecule has 0 aliphatic rings. The van der Waals surface area contributed by atoms with Crippen molar-refractivity contribution in [1.29, 1.82) is 0 Å². The van der Waals surface area contributed by atoms with Crippen LogP contribution in [-0.4, -0.2) is 15.9 Å². The highest BCUT2D eigenvalue weighted by molar-refractivity contribution is 5.90. The molecule has 11 heavy (non-hydrogen) atoms. The lowest BCUT2D eigenvalue weighted by atomic mass is 10.3. The summed E-state index contributed by atoms with van der Waals surface area (Å²) in [4.78, 5) is 18.0. The molecule has 0 aliphatic carbocycles. The van der Waals surface area contributed by atoms with Crippen molar-refractivity contribution >= 4 is 12.0 Å². The van der Waals surface area contributed by atoms with E-state index < -0.39 is 5.91 Å². The second kappa shape index (κ2) is 2.92. The van der Waals surface area contributed by atoms with Crippen molar-refractivity contribution in [3.05, 3.63) is 30.4 Å². The van der Waals surface area contributed by atoms with Gasteiger partial charge in [-0.1, -0.05) is 6.58 Å². The van der Waals surface area contributed by atoms with Crippen LogP contribution in [0.4, 0.5) is 0 Å². The Hall–Kier alpha value is -1.71. The van der Waals surface area contributed by atoms with Gasteiger partial charge in [0, 0.05) is 0 Å². The van der Waals surface area contributed by atoms with Crippen molar-refractivity contribution < 1.29 is 4.79 Å². The second-order valence-corrected chi connectivity index (χ2v) is 1.90. The van der Waals surface area contributed by atoms with Gasteiger partial charge in [-0.15, -0.1) is 0 Å². The Bertz CT molecular complexity index is 295. The summed E-state index contributed by atoms with van der Waals surface area (Å²) in [5.74, 6) is -0.560. The lowest BCUT2D eigenvalue weighted by molar-refractivity contribution is 0.0995. The van der Waals surface area contributed by atoms with Crippen LogP contribution in [0.2, 0.25) is 0 Å². The molecule has 2 N–H and O–H groups in total. The number of nitrogens with zero attached hydrogens (tertiary/aromatic N) is 2. The van der Waals surface area contributed by atoms with Gasteiger partial charge in [0.25, 0.3) is 5.91 Å². The molecular formula is C7H7N3O. The Morgan fingerprint density at radius 2 is 2.36 bits per heavy atom. The number of rotatable bonds is 2. The maximum atomic E-state index is 10.6. The summed E-state index contributed by atoms with van der Waals surface area (Å²) in [6, 6.07) is 1.48. The lowest BCUT2D eigenvalue weighted by Gasteiger charge is -1.93. The van der Waals surface area contributed by atoms with Crippen molar-refractivity contribution in [3.8, 4) is 0 Å². The number of nitrogens with two attached hydrogens (primary N) is 1. The third kappa shape index (κ3) is 1.61. The fraction of sp³-hybridized carbons (Fsp3) is 0. The molecular weight excluding hydrogens is 142 g/mol. The largest absolute Gasteiger partial charge is 0.364 e. The SMILES string of the molecule is C=Cc1cc(C(N)=O)ncn1. The molecule has 1 heterocycles. The molecule has 0 saturated heterocycles. The van der Waals surface area contributed by atoms with Crippen molar-refractivity contribution in [2.24, 2.45) is 5.73 Å². The number of amides is 1. The van der Waals surface area contributed by atoms with Crippen molar-refractivity contribution in [3.63, 3.8) is 0 Å². The van der Waals surface area contributed by atoms with E-state index in [0.717, 1.165) is 0 Å². The number of carbonyl (C=O) groups is 1. The van der Waals surface area contributed by atoms with Gasteiger partial charge < -0.3 is 5.73 Å². The van der Waals surface area contributed by atoms with Gasteiger partial charge in [-0.25, -0.2) is 9.97 Å². The van der Waals surface area contributed by atoms with Crippen LogP contribution in [0.5, 0.6) is 0 Å². The van der Waals surface area contributed by atoms with Gasteiger partial charge in [0.1, 0.15) is 12.0 Å². The zero-order valence-electron chi connectivity index (χ0n) is 5.82. The number of carbonyl (C=O) groups excluding carboxylic acids is 1. The summed E-state index contributed by atoms with van der Waals surface area (Å²) < 4.78 is 0. The quantitative estimate of drug-likeness (QED) is 0.653. The topological polar surface area (TPSA) is 68.9 Å². The molecule has 1 aromatic heterocycles. The van der Waals surface area contributed by atoms with Crippen molar-refractivity contribution in [2.45, 2.75) is 0 Å². The maximum absolute atomic E-state index is 10.6. The molecule has 0 unspecified atom stereocenters. The predicted molar refractivity (Wildman–Crippen MR) is 40.6 cm³/mol. The van der Waals surface area contributed by atoms with Gasteiger partial charge in [-0.3, -0.25) is 4.79 Å². The van der Waals surface area contributed by atoms with Crippen LogP contribution in [0.1, 0.15) is 16.2 Å².